The summed E-state index contributed by atoms with van der Waals surface area (Å²) < 4.78 is 4.61. The summed E-state index contributed by atoms with van der Waals surface area (Å²) in [5.41, 5.74) is 6.40. The van der Waals surface area contributed by atoms with E-state index in [9.17, 15) is 4.79 Å². The van der Waals surface area contributed by atoms with Crippen molar-refractivity contribution >= 4 is 23.4 Å². The molecule has 3 nitrogen and oxygen atoms in total. The van der Waals surface area contributed by atoms with Crippen LogP contribution in [0.1, 0.15) is 13.3 Å². The largest absolute Gasteiger partial charge is 0.469 e. The predicted molar refractivity (Wildman–Crippen MR) is 62.8 cm³/mol. The van der Waals surface area contributed by atoms with Crippen molar-refractivity contribution in [2.75, 3.05) is 12.8 Å². The summed E-state index contributed by atoms with van der Waals surface area (Å²) in [5.74, 6) is -0.182. The van der Waals surface area contributed by atoms with Gasteiger partial charge < -0.3 is 10.5 Å². The zero-order valence-corrected chi connectivity index (χ0v) is 9.71. The monoisotopic (exact) mass is 225 g/mol. The van der Waals surface area contributed by atoms with E-state index < -0.39 is 0 Å². The third kappa shape index (κ3) is 4.25. The maximum atomic E-state index is 11.0. The number of rotatable bonds is 4. The molecule has 0 radical (unpaired) electrons. The molecule has 1 atom stereocenters. The molecule has 0 spiro atoms. The first-order valence-corrected chi connectivity index (χ1v) is 5.59. The van der Waals surface area contributed by atoms with Crippen molar-refractivity contribution in [1.29, 1.82) is 0 Å². The van der Waals surface area contributed by atoms with Gasteiger partial charge in [0.25, 0.3) is 0 Å². The highest BCUT2D eigenvalue weighted by Crippen LogP contribution is 2.26. The molecule has 0 aromatic heterocycles. The summed E-state index contributed by atoms with van der Waals surface area (Å²) in [4.78, 5) is 12.1. The van der Waals surface area contributed by atoms with Crippen LogP contribution < -0.4 is 5.73 Å². The van der Waals surface area contributed by atoms with Gasteiger partial charge in [0, 0.05) is 15.8 Å². The van der Waals surface area contributed by atoms with Gasteiger partial charge in [-0.15, -0.1) is 11.8 Å². The molecule has 0 aliphatic rings. The highest BCUT2D eigenvalue weighted by molar-refractivity contribution is 8.00. The Morgan fingerprint density at radius 3 is 2.93 bits per heavy atom. The smallest absolute Gasteiger partial charge is 0.306 e. The number of hydrogen-bond donors (Lipinski definition) is 1. The summed E-state index contributed by atoms with van der Waals surface area (Å²) in [5, 5.41) is 0.194. The third-order valence-corrected chi connectivity index (χ3v) is 2.97. The van der Waals surface area contributed by atoms with Crippen LogP contribution in [0.5, 0.6) is 0 Å². The van der Waals surface area contributed by atoms with Crippen LogP contribution in [0.2, 0.25) is 0 Å². The van der Waals surface area contributed by atoms with Gasteiger partial charge >= 0.3 is 5.97 Å². The van der Waals surface area contributed by atoms with E-state index in [0.717, 1.165) is 10.6 Å². The average Bonchev–Trinajstić information content (AvgIpc) is 2.17. The van der Waals surface area contributed by atoms with Crippen molar-refractivity contribution < 1.29 is 9.53 Å². The molecular weight excluding hydrogens is 210 g/mol. The van der Waals surface area contributed by atoms with E-state index in [4.69, 9.17) is 5.73 Å². The fourth-order valence-corrected chi connectivity index (χ4v) is 2.23. The summed E-state index contributed by atoms with van der Waals surface area (Å²) in [6, 6.07) is 7.63. The second-order valence-electron chi connectivity index (χ2n) is 3.28. The van der Waals surface area contributed by atoms with Gasteiger partial charge in [-0.2, -0.15) is 0 Å². The number of esters is 1. The van der Waals surface area contributed by atoms with Crippen LogP contribution in [0.4, 0.5) is 5.69 Å². The SMILES string of the molecule is COC(=O)CC(C)Sc1cccc(N)c1. The van der Waals surface area contributed by atoms with E-state index in [1.807, 2.05) is 31.2 Å². The van der Waals surface area contributed by atoms with Crippen molar-refractivity contribution in [2.24, 2.45) is 0 Å². The standard InChI is InChI=1S/C11H15NO2S/c1-8(6-11(13)14-2)15-10-5-3-4-9(12)7-10/h3-5,7-8H,6,12H2,1-2H3. The predicted octanol–water partition coefficient (Wildman–Crippen LogP) is 2.31. The lowest BCUT2D eigenvalue weighted by Gasteiger charge is -2.09. The van der Waals surface area contributed by atoms with Crippen molar-refractivity contribution in [3.63, 3.8) is 0 Å². The first-order valence-electron chi connectivity index (χ1n) is 4.71. The Morgan fingerprint density at radius 1 is 1.60 bits per heavy atom. The lowest BCUT2D eigenvalue weighted by atomic mass is 10.3. The Kier molecular flexibility index (Phi) is 4.49. The number of nitrogens with two attached hydrogens (primary N) is 1. The highest BCUT2D eigenvalue weighted by atomic mass is 32.2. The van der Waals surface area contributed by atoms with Crippen molar-refractivity contribution in [1.82, 2.24) is 0 Å². The molecule has 1 aromatic carbocycles. The highest BCUT2D eigenvalue weighted by Gasteiger charge is 2.10. The number of thioether (sulfide) groups is 1. The second kappa shape index (κ2) is 5.66. The molecule has 1 unspecified atom stereocenters. The topological polar surface area (TPSA) is 52.3 Å². The van der Waals surface area contributed by atoms with E-state index in [1.165, 1.54) is 7.11 Å². The van der Waals surface area contributed by atoms with Crippen LogP contribution >= 0.6 is 11.8 Å². The van der Waals surface area contributed by atoms with E-state index >= 15 is 0 Å². The third-order valence-electron chi connectivity index (χ3n) is 1.88. The Bertz CT molecular complexity index is 341. The van der Waals surface area contributed by atoms with Crippen LogP contribution in [0.25, 0.3) is 0 Å². The van der Waals surface area contributed by atoms with E-state index in [-0.39, 0.29) is 11.2 Å². The van der Waals surface area contributed by atoms with Gasteiger partial charge in [0.2, 0.25) is 0 Å². The normalized spacial score (nSPS) is 12.1. The Labute approximate surface area is 94.0 Å². The van der Waals surface area contributed by atoms with Crippen LogP contribution in [0, 0.1) is 0 Å². The Morgan fingerprint density at radius 2 is 2.33 bits per heavy atom. The van der Waals surface area contributed by atoms with Gasteiger partial charge in [0.15, 0.2) is 0 Å². The van der Waals surface area contributed by atoms with E-state index in [1.54, 1.807) is 11.8 Å². The molecule has 0 bridgehead atoms. The summed E-state index contributed by atoms with van der Waals surface area (Å²) in [6.07, 6.45) is 0.413. The molecule has 0 fully saturated rings. The van der Waals surface area contributed by atoms with Gasteiger partial charge in [-0.1, -0.05) is 13.0 Å². The summed E-state index contributed by atoms with van der Waals surface area (Å²) in [6.45, 7) is 1.99. The van der Waals surface area contributed by atoms with Crippen LogP contribution in [0.3, 0.4) is 0 Å². The number of hydrogen-bond acceptors (Lipinski definition) is 4. The van der Waals surface area contributed by atoms with Crippen molar-refractivity contribution in [3.8, 4) is 0 Å². The molecule has 1 rings (SSSR count). The Balaban J connectivity index is 2.51. The zero-order chi connectivity index (χ0) is 11.3. The van der Waals surface area contributed by atoms with E-state index in [2.05, 4.69) is 4.74 Å². The molecule has 15 heavy (non-hydrogen) atoms. The summed E-state index contributed by atoms with van der Waals surface area (Å²) >= 11 is 1.62. The molecule has 0 aliphatic carbocycles. The molecule has 0 saturated carbocycles. The van der Waals surface area contributed by atoms with Gasteiger partial charge in [-0.3, -0.25) is 4.79 Å². The van der Waals surface area contributed by atoms with Gasteiger partial charge in [-0.05, 0) is 18.2 Å². The first kappa shape index (κ1) is 11.9. The number of carbonyl (C=O) groups is 1. The number of carbonyl (C=O) groups excluding carboxylic acids is 1. The molecule has 0 saturated heterocycles. The minimum Gasteiger partial charge on any atom is -0.469 e. The number of benzene rings is 1. The fourth-order valence-electron chi connectivity index (χ4n) is 1.18. The molecule has 1 aromatic rings. The molecular formula is C11H15NO2S. The van der Waals surface area contributed by atoms with Gasteiger partial charge in [-0.25, -0.2) is 0 Å². The Hall–Kier alpha value is -1.16. The maximum absolute atomic E-state index is 11.0. The lowest BCUT2D eigenvalue weighted by Crippen LogP contribution is -2.08. The lowest BCUT2D eigenvalue weighted by molar-refractivity contribution is -0.140. The second-order valence-corrected chi connectivity index (χ2v) is 4.79. The van der Waals surface area contributed by atoms with Crippen LogP contribution in [-0.2, 0) is 9.53 Å². The minimum atomic E-state index is -0.182. The van der Waals surface area contributed by atoms with Crippen LogP contribution in [-0.4, -0.2) is 18.3 Å². The molecule has 82 valence electrons. The molecule has 0 aliphatic heterocycles. The number of ether oxygens (including phenoxy) is 1. The fraction of sp³-hybridized carbons (Fsp3) is 0.364. The van der Waals surface area contributed by atoms with E-state index in [0.29, 0.717) is 6.42 Å². The first-order chi connectivity index (χ1) is 7.11. The molecule has 4 heteroatoms. The zero-order valence-electron chi connectivity index (χ0n) is 8.90. The van der Waals surface area contributed by atoms with Gasteiger partial charge in [0.1, 0.15) is 0 Å². The number of anilines is 1. The maximum Gasteiger partial charge on any atom is 0.306 e. The number of nitrogen functional groups attached to an aromatic ring is 1. The summed E-state index contributed by atoms with van der Waals surface area (Å²) in [7, 11) is 1.40. The minimum absolute atomic E-state index is 0.182. The van der Waals surface area contributed by atoms with Crippen molar-refractivity contribution in [3.05, 3.63) is 24.3 Å². The van der Waals surface area contributed by atoms with Gasteiger partial charge in [0.05, 0.1) is 13.5 Å². The van der Waals surface area contributed by atoms with Crippen LogP contribution in [0.15, 0.2) is 29.2 Å². The molecule has 2 N–H and O–H groups in total. The molecule has 0 heterocycles. The average molecular weight is 225 g/mol. The quantitative estimate of drug-likeness (QED) is 0.485. The molecule has 0 amide bonds. The number of methoxy groups -OCH3 is 1. The van der Waals surface area contributed by atoms with Crippen molar-refractivity contribution in [2.45, 2.75) is 23.5 Å².